The lowest BCUT2D eigenvalue weighted by Crippen LogP contribution is -2.06. The summed E-state index contributed by atoms with van der Waals surface area (Å²) >= 11 is 0. The summed E-state index contributed by atoms with van der Waals surface area (Å²) in [6.07, 6.45) is 2.14. The van der Waals surface area contributed by atoms with Gasteiger partial charge in [-0.15, -0.1) is 0 Å². The Kier molecular flexibility index (Phi) is 3.10. The molecule has 0 saturated heterocycles. The van der Waals surface area contributed by atoms with Gasteiger partial charge in [-0.3, -0.25) is 9.78 Å². The highest BCUT2D eigenvalue weighted by atomic mass is 16.1. The van der Waals surface area contributed by atoms with Crippen molar-refractivity contribution in [2.75, 3.05) is 0 Å². The SMILES string of the molecule is Cc1ncccc1C(=O)Cc1ccccc1. The van der Waals surface area contributed by atoms with Crippen molar-refractivity contribution in [1.82, 2.24) is 4.98 Å². The van der Waals surface area contributed by atoms with Gasteiger partial charge in [0.1, 0.15) is 0 Å². The largest absolute Gasteiger partial charge is 0.294 e. The van der Waals surface area contributed by atoms with E-state index in [0.717, 1.165) is 11.3 Å². The number of hydrogen-bond donors (Lipinski definition) is 0. The van der Waals surface area contributed by atoms with Crippen LogP contribution in [0.15, 0.2) is 48.7 Å². The number of carbonyl (C=O) groups is 1. The topological polar surface area (TPSA) is 30.0 Å². The maximum Gasteiger partial charge on any atom is 0.169 e. The molecule has 0 radical (unpaired) electrons. The fourth-order valence-electron chi connectivity index (χ4n) is 1.66. The second-order valence-electron chi connectivity index (χ2n) is 3.72. The minimum Gasteiger partial charge on any atom is -0.294 e. The minimum absolute atomic E-state index is 0.122. The molecule has 0 N–H and O–H groups in total. The van der Waals surface area contributed by atoms with E-state index >= 15 is 0 Å². The van der Waals surface area contributed by atoms with E-state index in [1.165, 1.54) is 0 Å². The van der Waals surface area contributed by atoms with E-state index in [4.69, 9.17) is 0 Å². The number of benzene rings is 1. The zero-order valence-corrected chi connectivity index (χ0v) is 9.18. The van der Waals surface area contributed by atoms with Gasteiger partial charge in [0, 0.05) is 23.9 Å². The molecule has 0 aliphatic heterocycles. The number of pyridine rings is 1. The van der Waals surface area contributed by atoms with Crippen molar-refractivity contribution in [2.45, 2.75) is 13.3 Å². The van der Waals surface area contributed by atoms with Crippen LogP contribution in [0.25, 0.3) is 0 Å². The molecule has 1 heterocycles. The molecule has 2 nitrogen and oxygen atoms in total. The van der Waals surface area contributed by atoms with E-state index in [0.29, 0.717) is 12.0 Å². The highest BCUT2D eigenvalue weighted by Crippen LogP contribution is 2.09. The summed E-state index contributed by atoms with van der Waals surface area (Å²) in [5.74, 6) is 0.122. The van der Waals surface area contributed by atoms with Crippen LogP contribution in [0, 0.1) is 6.92 Å². The summed E-state index contributed by atoms with van der Waals surface area (Å²) in [6, 6.07) is 13.4. The molecule has 0 spiro atoms. The van der Waals surface area contributed by atoms with Crippen LogP contribution in [-0.2, 0) is 6.42 Å². The Morgan fingerprint density at radius 2 is 1.88 bits per heavy atom. The van der Waals surface area contributed by atoms with Crippen molar-refractivity contribution in [1.29, 1.82) is 0 Å². The summed E-state index contributed by atoms with van der Waals surface area (Å²) in [5.41, 5.74) is 2.55. The van der Waals surface area contributed by atoms with Crippen LogP contribution < -0.4 is 0 Å². The highest BCUT2D eigenvalue weighted by Gasteiger charge is 2.09. The molecule has 2 rings (SSSR count). The van der Waals surface area contributed by atoms with Crippen LogP contribution in [0.3, 0.4) is 0 Å². The van der Waals surface area contributed by atoms with Crippen LogP contribution in [0.5, 0.6) is 0 Å². The molecular weight excluding hydrogens is 198 g/mol. The van der Waals surface area contributed by atoms with Gasteiger partial charge in [0.15, 0.2) is 5.78 Å². The van der Waals surface area contributed by atoms with Gasteiger partial charge in [-0.25, -0.2) is 0 Å². The van der Waals surface area contributed by atoms with Crippen molar-refractivity contribution in [3.05, 3.63) is 65.5 Å². The summed E-state index contributed by atoms with van der Waals surface area (Å²) in [6.45, 7) is 1.86. The Balaban J connectivity index is 2.19. The van der Waals surface area contributed by atoms with Crippen LogP contribution in [0.2, 0.25) is 0 Å². The zero-order chi connectivity index (χ0) is 11.4. The van der Waals surface area contributed by atoms with Crippen molar-refractivity contribution >= 4 is 5.78 Å². The lowest BCUT2D eigenvalue weighted by Gasteiger charge is -2.03. The third-order valence-electron chi connectivity index (χ3n) is 2.51. The molecule has 1 aromatic carbocycles. The van der Waals surface area contributed by atoms with E-state index in [9.17, 15) is 4.79 Å². The standard InChI is InChI=1S/C14H13NO/c1-11-13(8-5-9-15-11)14(16)10-12-6-3-2-4-7-12/h2-9H,10H2,1H3. The minimum atomic E-state index is 0.122. The molecule has 0 atom stereocenters. The normalized spacial score (nSPS) is 10.1. The molecule has 80 valence electrons. The lowest BCUT2D eigenvalue weighted by atomic mass is 10.0. The predicted molar refractivity (Wildman–Crippen MR) is 63.5 cm³/mol. The Morgan fingerprint density at radius 3 is 2.56 bits per heavy atom. The van der Waals surface area contributed by atoms with E-state index in [2.05, 4.69) is 4.98 Å². The van der Waals surface area contributed by atoms with E-state index in [1.54, 1.807) is 12.3 Å². The van der Waals surface area contributed by atoms with Crippen LogP contribution >= 0.6 is 0 Å². The first-order chi connectivity index (χ1) is 7.77. The van der Waals surface area contributed by atoms with Crippen LogP contribution in [-0.4, -0.2) is 10.8 Å². The smallest absolute Gasteiger partial charge is 0.169 e. The third-order valence-corrected chi connectivity index (χ3v) is 2.51. The van der Waals surface area contributed by atoms with Crippen molar-refractivity contribution in [3.8, 4) is 0 Å². The maximum atomic E-state index is 12.0. The fourth-order valence-corrected chi connectivity index (χ4v) is 1.66. The van der Waals surface area contributed by atoms with Crippen molar-refractivity contribution < 1.29 is 4.79 Å². The summed E-state index contributed by atoms with van der Waals surface area (Å²) in [5, 5.41) is 0. The monoisotopic (exact) mass is 211 g/mol. The number of carbonyl (C=O) groups excluding carboxylic acids is 1. The molecule has 0 unspecified atom stereocenters. The third kappa shape index (κ3) is 2.34. The molecule has 0 saturated carbocycles. The first kappa shape index (κ1) is 10.6. The number of hydrogen-bond acceptors (Lipinski definition) is 2. The van der Waals surface area contributed by atoms with Gasteiger partial charge in [0.2, 0.25) is 0 Å². The summed E-state index contributed by atoms with van der Waals surface area (Å²) < 4.78 is 0. The average molecular weight is 211 g/mol. The van der Waals surface area contributed by atoms with Crippen molar-refractivity contribution in [2.24, 2.45) is 0 Å². The Bertz CT molecular complexity index is 491. The summed E-state index contributed by atoms with van der Waals surface area (Å²) in [7, 11) is 0. The van der Waals surface area contributed by atoms with E-state index < -0.39 is 0 Å². The molecule has 0 bridgehead atoms. The first-order valence-electron chi connectivity index (χ1n) is 5.26. The predicted octanol–water partition coefficient (Wildman–Crippen LogP) is 2.82. The fraction of sp³-hybridized carbons (Fsp3) is 0.143. The number of nitrogens with zero attached hydrogens (tertiary/aromatic N) is 1. The Morgan fingerprint density at radius 1 is 1.12 bits per heavy atom. The van der Waals surface area contributed by atoms with Gasteiger partial charge in [0.25, 0.3) is 0 Å². The quantitative estimate of drug-likeness (QED) is 0.731. The first-order valence-corrected chi connectivity index (χ1v) is 5.26. The number of Topliss-reactive ketones (excluding diaryl/α,β-unsaturated/α-hetero) is 1. The summed E-state index contributed by atoms with van der Waals surface area (Å²) in [4.78, 5) is 16.1. The maximum absolute atomic E-state index is 12.0. The van der Waals surface area contributed by atoms with E-state index in [-0.39, 0.29) is 5.78 Å². The van der Waals surface area contributed by atoms with Gasteiger partial charge < -0.3 is 0 Å². The molecule has 2 heteroatoms. The zero-order valence-electron chi connectivity index (χ0n) is 9.18. The molecule has 0 aliphatic rings. The molecule has 16 heavy (non-hydrogen) atoms. The second-order valence-corrected chi connectivity index (χ2v) is 3.72. The molecule has 2 aromatic rings. The van der Waals surface area contributed by atoms with Gasteiger partial charge in [0.05, 0.1) is 0 Å². The average Bonchev–Trinajstić information content (AvgIpc) is 2.31. The second kappa shape index (κ2) is 4.71. The van der Waals surface area contributed by atoms with Gasteiger partial charge >= 0.3 is 0 Å². The number of rotatable bonds is 3. The lowest BCUT2D eigenvalue weighted by molar-refractivity contribution is 0.0992. The molecule has 0 aliphatic carbocycles. The van der Waals surface area contributed by atoms with E-state index in [1.807, 2.05) is 43.3 Å². The highest BCUT2D eigenvalue weighted by molar-refractivity contribution is 5.98. The molecule has 0 amide bonds. The molecule has 0 fully saturated rings. The Hall–Kier alpha value is -1.96. The number of aromatic nitrogens is 1. The number of ketones is 1. The van der Waals surface area contributed by atoms with Gasteiger partial charge in [-0.2, -0.15) is 0 Å². The van der Waals surface area contributed by atoms with Gasteiger partial charge in [-0.1, -0.05) is 30.3 Å². The van der Waals surface area contributed by atoms with Crippen LogP contribution in [0.4, 0.5) is 0 Å². The van der Waals surface area contributed by atoms with Gasteiger partial charge in [-0.05, 0) is 24.6 Å². The molecular formula is C14H13NO. The molecule has 1 aromatic heterocycles. The number of aryl methyl sites for hydroxylation is 1. The van der Waals surface area contributed by atoms with Crippen molar-refractivity contribution in [3.63, 3.8) is 0 Å². The Labute approximate surface area is 95.0 Å². The van der Waals surface area contributed by atoms with Crippen LogP contribution in [0.1, 0.15) is 21.6 Å².